The summed E-state index contributed by atoms with van der Waals surface area (Å²) in [6.07, 6.45) is 0.220. The van der Waals surface area contributed by atoms with Gasteiger partial charge in [-0.25, -0.2) is 0 Å². The van der Waals surface area contributed by atoms with Gasteiger partial charge in [0.25, 0.3) is 5.91 Å². The highest BCUT2D eigenvalue weighted by Gasteiger charge is 2.28. The van der Waals surface area contributed by atoms with Crippen LogP contribution in [0.15, 0.2) is 18.2 Å². The maximum atomic E-state index is 12.3. The van der Waals surface area contributed by atoms with Crippen LogP contribution < -0.4 is 0 Å². The van der Waals surface area contributed by atoms with Crippen LogP contribution in [0.3, 0.4) is 0 Å². The highest BCUT2D eigenvalue weighted by Crippen LogP contribution is 2.25. The van der Waals surface area contributed by atoms with Gasteiger partial charge in [-0.15, -0.1) is 0 Å². The van der Waals surface area contributed by atoms with Gasteiger partial charge in [-0.1, -0.05) is 18.5 Å². The number of rotatable bonds is 1. The minimum atomic E-state index is -0.353. The van der Waals surface area contributed by atoms with Gasteiger partial charge in [0, 0.05) is 13.1 Å². The Balaban J connectivity index is 2.19. The number of carbonyl (C=O) groups excluding carboxylic acids is 1. The number of nitrogens with zero attached hydrogens (tertiary/aromatic N) is 1. The number of aromatic hydroxyl groups is 1. The van der Waals surface area contributed by atoms with E-state index in [9.17, 15) is 15.0 Å². The Morgan fingerprint density at radius 2 is 2.22 bits per heavy atom. The Bertz CT molecular complexity index is 464. The molecule has 5 heteroatoms. The summed E-state index contributed by atoms with van der Waals surface area (Å²) in [4.78, 5) is 13.9. The molecule has 1 saturated heterocycles. The fourth-order valence-corrected chi connectivity index (χ4v) is 2.36. The SMILES string of the molecule is CC1CN(C(=O)c2cc(O)ccc2Cl)CCC1O. The fraction of sp³-hybridized carbons (Fsp3) is 0.462. The first-order chi connectivity index (χ1) is 8.49. The number of phenols is 1. The lowest BCUT2D eigenvalue weighted by Gasteiger charge is -2.34. The molecular formula is C13H16ClNO3. The van der Waals surface area contributed by atoms with Crippen LogP contribution in [0.4, 0.5) is 0 Å². The number of carbonyl (C=O) groups is 1. The highest BCUT2D eigenvalue weighted by atomic mass is 35.5. The molecule has 2 N–H and O–H groups in total. The van der Waals surface area contributed by atoms with Crippen molar-refractivity contribution in [3.8, 4) is 5.75 Å². The van der Waals surface area contributed by atoms with Gasteiger partial charge in [-0.3, -0.25) is 4.79 Å². The molecule has 0 bridgehead atoms. The van der Waals surface area contributed by atoms with Crippen LogP contribution >= 0.6 is 11.6 Å². The summed E-state index contributed by atoms with van der Waals surface area (Å²) in [6.45, 7) is 2.93. The van der Waals surface area contributed by atoms with Crippen molar-refractivity contribution < 1.29 is 15.0 Å². The van der Waals surface area contributed by atoms with E-state index in [-0.39, 0.29) is 23.7 Å². The maximum absolute atomic E-state index is 12.3. The van der Waals surface area contributed by atoms with Gasteiger partial charge in [-0.05, 0) is 30.5 Å². The first kappa shape index (κ1) is 13.2. The Hall–Kier alpha value is -1.26. The lowest BCUT2D eigenvalue weighted by molar-refractivity contribution is 0.0297. The zero-order valence-electron chi connectivity index (χ0n) is 10.1. The van der Waals surface area contributed by atoms with Crippen LogP contribution in [-0.2, 0) is 0 Å². The molecule has 0 radical (unpaired) electrons. The van der Waals surface area contributed by atoms with Crippen molar-refractivity contribution >= 4 is 17.5 Å². The van der Waals surface area contributed by atoms with Gasteiger partial charge in [-0.2, -0.15) is 0 Å². The van der Waals surface area contributed by atoms with Crippen LogP contribution in [0.5, 0.6) is 5.75 Å². The third kappa shape index (κ3) is 2.60. The lowest BCUT2D eigenvalue weighted by atomic mass is 9.96. The molecule has 1 aromatic rings. The summed E-state index contributed by atoms with van der Waals surface area (Å²) in [5.41, 5.74) is 0.306. The van der Waals surface area contributed by atoms with Crippen LogP contribution in [0.1, 0.15) is 23.7 Å². The third-order valence-corrected chi connectivity index (χ3v) is 3.66. The quantitative estimate of drug-likeness (QED) is 0.818. The molecule has 2 atom stereocenters. The van der Waals surface area contributed by atoms with E-state index in [0.717, 1.165) is 0 Å². The maximum Gasteiger partial charge on any atom is 0.255 e. The van der Waals surface area contributed by atoms with Crippen molar-refractivity contribution in [1.29, 1.82) is 0 Å². The van der Waals surface area contributed by atoms with Gasteiger partial charge in [0.1, 0.15) is 5.75 Å². The molecule has 1 aromatic carbocycles. The van der Waals surface area contributed by atoms with Gasteiger partial charge >= 0.3 is 0 Å². The molecule has 4 nitrogen and oxygen atoms in total. The summed E-state index contributed by atoms with van der Waals surface area (Å²) in [5, 5.41) is 19.4. The van der Waals surface area contributed by atoms with Crippen LogP contribution in [0.2, 0.25) is 5.02 Å². The third-order valence-electron chi connectivity index (χ3n) is 3.33. The number of amides is 1. The Morgan fingerprint density at radius 1 is 1.50 bits per heavy atom. The predicted molar refractivity (Wildman–Crippen MR) is 68.8 cm³/mol. The van der Waals surface area contributed by atoms with E-state index in [1.54, 1.807) is 4.90 Å². The monoisotopic (exact) mass is 269 g/mol. The molecule has 1 amide bonds. The van der Waals surface area contributed by atoms with Crippen molar-refractivity contribution in [2.75, 3.05) is 13.1 Å². The number of piperidine rings is 1. The van der Waals surface area contributed by atoms with Gasteiger partial charge in [0.05, 0.1) is 16.7 Å². The van der Waals surface area contributed by atoms with E-state index >= 15 is 0 Å². The number of aliphatic hydroxyl groups excluding tert-OH is 1. The number of aliphatic hydroxyl groups is 1. The first-order valence-electron chi connectivity index (χ1n) is 5.95. The van der Waals surface area contributed by atoms with E-state index in [1.165, 1.54) is 18.2 Å². The van der Waals surface area contributed by atoms with Crippen molar-refractivity contribution in [3.63, 3.8) is 0 Å². The van der Waals surface area contributed by atoms with Crippen molar-refractivity contribution in [2.45, 2.75) is 19.4 Å². The van der Waals surface area contributed by atoms with Crippen LogP contribution in [0.25, 0.3) is 0 Å². The molecule has 0 saturated carbocycles. The van der Waals surface area contributed by atoms with Crippen LogP contribution in [0, 0.1) is 5.92 Å². The second-order valence-electron chi connectivity index (χ2n) is 4.75. The van der Waals surface area contributed by atoms with Gasteiger partial charge < -0.3 is 15.1 Å². The summed E-state index contributed by atoms with van der Waals surface area (Å²) in [5.74, 6) is -0.124. The normalized spacial score (nSPS) is 24.1. The van der Waals surface area contributed by atoms with Crippen LogP contribution in [-0.4, -0.2) is 40.2 Å². The molecule has 1 heterocycles. The van der Waals surface area contributed by atoms with E-state index in [2.05, 4.69) is 0 Å². The Morgan fingerprint density at radius 3 is 2.89 bits per heavy atom. The van der Waals surface area contributed by atoms with Gasteiger partial charge in [0.15, 0.2) is 0 Å². The molecule has 1 aliphatic rings. The molecule has 2 unspecified atom stereocenters. The zero-order valence-corrected chi connectivity index (χ0v) is 10.9. The Labute approximate surface area is 111 Å². The molecular weight excluding hydrogens is 254 g/mol. The second kappa shape index (κ2) is 5.16. The molecule has 18 heavy (non-hydrogen) atoms. The van der Waals surface area contributed by atoms with Gasteiger partial charge in [0.2, 0.25) is 0 Å². The lowest BCUT2D eigenvalue weighted by Crippen LogP contribution is -2.45. The van der Waals surface area contributed by atoms with Crippen molar-refractivity contribution in [1.82, 2.24) is 4.90 Å². The minimum Gasteiger partial charge on any atom is -0.508 e. The number of hydrogen-bond donors (Lipinski definition) is 2. The number of likely N-dealkylation sites (tertiary alicyclic amines) is 1. The summed E-state index contributed by atoms with van der Waals surface area (Å²) < 4.78 is 0. The number of phenolic OH excluding ortho intramolecular Hbond substituents is 1. The molecule has 0 aliphatic carbocycles. The second-order valence-corrected chi connectivity index (χ2v) is 5.16. The topological polar surface area (TPSA) is 60.8 Å². The predicted octanol–water partition coefficient (Wildman–Crippen LogP) is 1.89. The molecule has 0 spiro atoms. The largest absolute Gasteiger partial charge is 0.508 e. The highest BCUT2D eigenvalue weighted by molar-refractivity contribution is 6.33. The Kier molecular flexibility index (Phi) is 3.78. The molecule has 0 aromatic heterocycles. The molecule has 1 fully saturated rings. The summed E-state index contributed by atoms with van der Waals surface area (Å²) in [6, 6.07) is 4.33. The van der Waals surface area contributed by atoms with E-state index in [1.807, 2.05) is 6.92 Å². The summed E-state index contributed by atoms with van der Waals surface area (Å²) in [7, 11) is 0. The molecule has 98 valence electrons. The number of hydrogen-bond acceptors (Lipinski definition) is 3. The smallest absolute Gasteiger partial charge is 0.255 e. The number of halogens is 1. The number of benzene rings is 1. The van der Waals surface area contributed by atoms with E-state index in [0.29, 0.717) is 30.1 Å². The summed E-state index contributed by atoms with van der Waals surface area (Å²) >= 11 is 5.97. The fourth-order valence-electron chi connectivity index (χ4n) is 2.17. The zero-order chi connectivity index (χ0) is 13.3. The molecule has 2 rings (SSSR count). The van der Waals surface area contributed by atoms with Crippen molar-refractivity contribution in [2.24, 2.45) is 5.92 Å². The standard InChI is InChI=1S/C13H16ClNO3/c1-8-7-15(5-4-12(8)17)13(18)10-6-9(16)2-3-11(10)14/h2-3,6,8,12,16-17H,4-5,7H2,1H3. The van der Waals surface area contributed by atoms with E-state index < -0.39 is 0 Å². The first-order valence-corrected chi connectivity index (χ1v) is 6.32. The average Bonchev–Trinajstić information content (AvgIpc) is 2.35. The van der Waals surface area contributed by atoms with Crippen molar-refractivity contribution in [3.05, 3.63) is 28.8 Å². The minimum absolute atomic E-state index is 0.0212. The van der Waals surface area contributed by atoms with E-state index in [4.69, 9.17) is 11.6 Å². The average molecular weight is 270 g/mol. The molecule has 1 aliphatic heterocycles.